The van der Waals surface area contributed by atoms with Gasteiger partial charge in [-0.1, -0.05) is 29.5 Å². The van der Waals surface area contributed by atoms with Crippen molar-refractivity contribution in [1.29, 1.82) is 0 Å². The fraction of sp³-hybridized carbons (Fsp3) is 0. The molecule has 0 atom stereocenters. The van der Waals surface area contributed by atoms with E-state index < -0.39 is 0 Å². The molecule has 0 N–H and O–H groups in total. The van der Waals surface area contributed by atoms with Gasteiger partial charge in [-0.05, 0) is 60.0 Å². The molecule has 136 valence electrons. The van der Waals surface area contributed by atoms with Crippen molar-refractivity contribution in [3.63, 3.8) is 0 Å². The molecule has 7 heteroatoms. The molecule has 28 heavy (non-hydrogen) atoms. The van der Waals surface area contributed by atoms with Gasteiger partial charge in [0.2, 0.25) is 5.13 Å². The van der Waals surface area contributed by atoms with Gasteiger partial charge in [0.25, 0.3) is 0 Å². The second kappa shape index (κ2) is 7.10. The average molecular weight is 404 g/mol. The van der Waals surface area contributed by atoms with Crippen LogP contribution in [0.5, 0.6) is 0 Å². The van der Waals surface area contributed by atoms with Crippen LogP contribution in [-0.4, -0.2) is 9.55 Å². The van der Waals surface area contributed by atoms with Crippen LogP contribution in [0, 0.1) is 5.82 Å². The Labute approximate surface area is 168 Å². The van der Waals surface area contributed by atoms with E-state index in [0.29, 0.717) is 10.9 Å². The van der Waals surface area contributed by atoms with Crippen molar-refractivity contribution in [2.45, 2.75) is 0 Å². The molecular formula is C21H13FN4S2. The monoisotopic (exact) mass is 404 g/mol. The molecule has 0 bridgehead atoms. The third kappa shape index (κ3) is 3.15. The number of thiophene rings is 1. The van der Waals surface area contributed by atoms with Crippen LogP contribution >= 0.6 is 22.7 Å². The number of rotatable bonds is 4. The molecule has 0 aliphatic heterocycles. The Morgan fingerprint density at radius 3 is 2.50 bits per heavy atom. The van der Waals surface area contributed by atoms with Crippen LogP contribution in [0.1, 0.15) is 0 Å². The summed E-state index contributed by atoms with van der Waals surface area (Å²) in [7, 11) is 0. The Morgan fingerprint density at radius 2 is 1.71 bits per heavy atom. The normalized spacial score (nSPS) is 11.6. The van der Waals surface area contributed by atoms with Crippen molar-refractivity contribution >= 4 is 43.8 Å². The SMILES string of the molecule is Fc1ccc(-n2c(/N=N/c3nc4ccccc4s3)ccc2-c2cccs2)cc1. The van der Waals surface area contributed by atoms with Gasteiger partial charge in [-0.25, -0.2) is 9.37 Å². The molecule has 0 radical (unpaired) electrons. The topological polar surface area (TPSA) is 42.5 Å². The van der Waals surface area contributed by atoms with Crippen molar-refractivity contribution in [2.75, 3.05) is 0 Å². The lowest BCUT2D eigenvalue weighted by molar-refractivity contribution is 0.627. The Morgan fingerprint density at radius 1 is 0.857 bits per heavy atom. The number of azo groups is 1. The first-order chi connectivity index (χ1) is 13.8. The molecular weight excluding hydrogens is 391 g/mol. The van der Waals surface area contributed by atoms with Gasteiger partial charge in [-0.2, -0.15) is 0 Å². The smallest absolute Gasteiger partial charge is 0.231 e. The summed E-state index contributed by atoms with van der Waals surface area (Å²) in [6.07, 6.45) is 0. The lowest BCUT2D eigenvalue weighted by atomic mass is 10.3. The van der Waals surface area contributed by atoms with Gasteiger partial charge in [-0.3, -0.25) is 4.57 Å². The van der Waals surface area contributed by atoms with E-state index in [1.807, 2.05) is 52.4 Å². The van der Waals surface area contributed by atoms with Crippen molar-refractivity contribution in [1.82, 2.24) is 9.55 Å². The molecule has 0 saturated carbocycles. The summed E-state index contributed by atoms with van der Waals surface area (Å²) in [5.41, 5.74) is 2.72. The number of halogens is 1. The van der Waals surface area contributed by atoms with Gasteiger partial charge >= 0.3 is 0 Å². The molecule has 0 spiro atoms. The second-order valence-corrected chi connectivity index (χ2v) is 7.99. The number of hydrogen-bond donors (Lipinski definition) is 0. The number of hydrogen-bond acceptors (Lipinski definition) is 5. The summed E-state index contributed by atoms with van der Waals surface area (Å²) < 4.78 is 16.5. The van der Waals surface area contributed by atoms with Gasteiger partial charge in [-0.15, -0.1) is 21.6 Å². The standard InChI is InChI=1S/C21H13FN4S2/c22-14-7-9-15(10-8-14)26-17(19-6-3-13-27-19)11-12-20(26)24-25-21-23-16-4-1-2-5-18(16)28-21/h1-13H/b25-24+. The number of fused-ring (bicyclic) bond motifs is 1. The fourth-order valence-corrected chi connectivity index (χ4v) is 4.51. The highest BCUT2D eigenvalue weighted by Crippen LogP contribution is 2.35. The largest absolute Gasteiger partial charge is 0.292 e. The molecule has 3 heterocycles. The summed E-state index contributed by atoms with van der Waals surface area (Å²) in [4.78, 5) is 5.60. The van der Waals surface area contributed by atoms with Gasteiger partial charge < -0.3 is 0 Å². The van der Waals surface area contributed by atoms with E-state index >= 15 is 0 Å². The Hall–Kier alpha value is -3.16. The zero-order valence-corrected chi connectivity index (χ0v) is 16.1. The first kappa shape index (κ1) is 17.0. The minimum Gasteiger partial charge on any atom is -0.292 e. The zero-order chi connectivity index (χ0) is 18.9. The predicted molar refractivity (Wildman–Crippen MR) is 113 cm³/mol. The van der Waals surface area contributed by atoms with Crippen LogP contribution in [0.4, 0.5) is 15.3 Å². The lowest BCUT2D eigenvalue weighted by Crippen LogP contribution is -1.95. The van der Waals surface area contributed by atoms with Gasteiger partial charge in [0.1, 0.15) is 5.82 Å². The minimum atomic E-state index is -0.272. The summed E-state index contributed by atoms with van der Waals surface area (Å²) >= 11 is 3.14. The summed E-state index contributed by atoms with van der Waals surface area (Å²) in [6.45, 7) is 0. The highest BCUT2D eigenvalue weighted by Gasteiger charge is 2.13. The number of nitrogens with zero attached hydrogens (tertiary/aromatic N) is 4. The molecule has 3 aromatic heterocycles. The van der Waals surface area contributed by atoms with Crippen molar-refractivity contribution in [3.8, 4) is 16.3 Å². The van der Waals surface area contributed by atoms with Gasteiger partial charge in [0, 0.05) is 5.69 Å². The highest BCUT2D eigenvalue weighted by atomic mass is 32.1. The molecule has 0 unspecified atom stereocenters. The zero-order valence-electron chi connectivity index (χ0n) is 14.5. The molecule has 2 aromatic carbocycles. The molecule has 4 nitrogen and oxygen atoms in total. The van der Waals surface area contributed by atoms with E-state index in [0.717, 1.165) is 26.5 Å². The molecule has 0 fully saturated rings. The molecule has 0 amide bonds. The van der Waals surface area contributed by atoms with Crippen LogP contribution in [0.2, 0.25) is 0 Å². The number of para-hydroxylation sites is 1. The maximum Gasteiger partial charge on any atom is 0.231 e. The lowest BCUT2D eigenvalue weighted by Gasteiger charge is -2.10. The molecule has 0 aliphatic rings. The van der Waals surface area contributed by atoms with Crippen molar-refractivity contribution in [2.24, 2.45) is 10.2 Å². The van der Waals surface area contributed by atoms with Crippen LogP contribution in [0.3, 0.4) is 0 Å². The Bertz CT molecular complexity index is 1230. The number of benzene rings is 2. The van der Waals surface area contributed by atoms with E-state index in [4.69, 9.17) is 0 Å². The Balaban J connectivity index is 1.59. The van der Waals surface area contributed by atoms with E-state index in [2.05, 4.69) is 21.3 Å². The van der Waals surface area contributed by atoms with E-state index in [-0.39, 0.29) is 5.82 Å². The summed E-state index contributed by atoms with van der Waals surface area (Å²) in [5, 5.41) is 11.4. The highest BCUT2D eigenvalue weighted by molar-refractivity contribution is 7.21. The molecule has 5 rings (SSSR count). The Kier molecular flexibility index (Phi) is 4.31. The van der Waals surface area contributed by atoms with Crippen LogP contribution in [0.15, 0.2) is 88.4 Å². The minimum absolute atomic E-state index is 0.272. The van der Waals surface area contributed by atoms with Crippen molar-refractivity contribution < 1.29 is 4.39 Å². The molecule has 0 saturated heterocycles. The molecule has 0 aliphatic carbocycles. The van der Waals surface area contributed by atoms with Crippen LogP contribution < -0.4 is 0 Å². The maximum absolute atomic E-state index is 13.4. The van der Waals surface area contributed by atoms with Crippen molar-refractivity contribution in [3.05, 3.63) is 84.0 Å². The molecule has 5 aromatic rings. The van der Waals surface area contributed by atoms with E-state index in [9.17, 15) is 4.39 Å². The maximum atomic E-state index is 13.4. The number of thiazole rings is 1. The fourth-order valence-electron chi connectivity index (χ4n) is 2.98. The first-order valence-corrected chi connectivity index (χ1v) is 10.3. The van der Waals surface area contributed by atoms with Gasteiger partial charge in [0.15, 0.2) is 5.82 Å². The van der Waals surface area contributed by atoms with Gasteiger partial charge in [0.05, 0.1) is 20.8 Å². The first-order valence-electron chi connectivity index (χ1n) is 8.57. The quantitative estimate of drug-likeness (QED) is 0.288. The average Bonchev–Trinajstić information content (AvgIpc) is 3.45. The second-order valence-electron chi connectivity index (χ2n) is 6.03. The van der Waals surface area contributed by atoms with E-state index in [1.165, 1.54) is 23.5 Å². The summed E-state index contributed by atoms with van der Waals surface area (Å²) in [5.74, 6) is 0.389. The third-order valence-corrected chi connectivity index (χ3v) is 6.05. The predicted octanol–water partition coefficient (Wildman–Crippen LogP) is 7.37. The number of aromatic nitrogens is 2. The third-order valence-electron chi connectivity index (χ3n) is 4.24. The summed E-state index contributed by atoms with van der Waals surface area (Å²) in [6, 6.07) is 22.2. The van der Waals surface area contributed by atoms with Crippen LogP contribution in [-0.2, 0) is 0 Å². The van der Waals surface area contributed by atoms with Crippen LogP contribution in [0.25, 0.3) is 26.5 Å². The van der Waals surface area contributed by atoms with E-state index in [1.54, 1.807) is 23.5 Å².